The zero-order valence-corrected chi connectivity index (χ0v) is 12.1. The third kappa shape index (κ3) is 2.65. The predicted molar refractivity (Wildman–Crippen MR) is 84.0 cm³/mol. The Bertz CT molecular complexity index is 641. The Balaban J connectivity index is 2.49. The van der Waals surface area contributed by atoms with Gasteiger partial charge in [-0.2, -0.15) is 0 Å². The van der Waals surface area contributed by atoms with Gasteiger partial charge in [-0.05, 0) is 23.6 Å². The molecule has 3 nitrogen and oxygen atoms in total. The summed E-state index contributed by atoms with van der Waals surface area (Å²) in [6.45, 7) is 4.13. The van der Waals surface area contributed by atoms with Gasteiger partial charge in [0.15, 0.2) is 5.82 Å². The number of hydrogen-bond acceptors (Lipinski definition) is 3. The van der Waals surface area contributed by atoms with Crippen molar-refractivity contribution < 1.29 is 4.39 Å². The van der Waals surface area contributed by atoms with E-state index in [2.05, 4.69) is 19.2 Å². The van der Waals surface area contributed by atoms with E-state index in [9.17, 15) is 4.39 Å². The van der Waals surface area contributed by atoms with Crippen LogP contribution in [0.4, 0.5) is 27.1 Å². The third-order valence-corrected chi connectivity index (χ3v) is 3.49. The van der Waals surface area contributed by atoms with E-state index in [4.69, 9.17) is 23.1 Å². The highest BCUT2D eigenvalue weighted by Crippen LogP contribution is 2.36. The third-order valence-electron chi connectivity index (χ3n) is 3.11. The second-order valence-electron chi connectivity index (χ2n) is 4.92. The molecule has 0 fully saturated rings. The SMILES string of the molecule is CC(C)c1ccccc1Nc1c(N)cc(N)c(Cl)c1F. The van der Waals surface area contributed by atoms with Gasteiger partial charge in [-0.1, -0.05) is 43.6 Å². The number of nitrogens with one attached hydrogen (secondary N) is 1. The molecular formula is C15H17ClFN3. The zero-order chi connectivity index (χ0) is 14.9. The van der Waals surface area contributed by atoms with Crippen molar-refractivity contribution in [2.45, 2.75) is 19.8 Å². The van der Waals surface area contributed by atoms with Crippen LogP contribution in [0.15, 0.2) is 30.3 Å². The number of hydrogen-bond donors (Lipinski definition) is 3. The first-order valence-corrected chi connectivity index (χ1v) is 6.68. The van der Waals surface area contributed by atoms with Gasteiger partial charge in [0.1, 0.15) is 5.02 Å². The Hall–Kier alpha value is -1.94. The molecule has 106 valence electrons. The smallest absolute Gasteiger partial charge is 0.169 e. The molecule has 2 aromatic carbocycles. The first kappa shape index (κ1) is 14.5. The van der Waals surface area contributed by atoms with Crippen LogP contribution in [0.5, 0.6) is 0 Å². The molecule has 2 rings (SSSR count). The molecule has 5 heteroatoms. The lowest BCUT2D eigenvalue weighted by Gasteiger charge is -2.17. The standard InChI is InChI=1S/C15H17ClFN3/c1-8(2)9-5-3-4-6-12(9)20-15-11(19)7-10(18)13(16)14(15)17/h3-8,20H,18-19H2,1-2H3. The van der Waals surface area contributed by atoms with E-state index in [-0.39, 0.29) is 22.1 Å². The first-order valence-electron chi connectivity index (χ1n) is 6.30. The van der Waals surface area contributed by atoms with E-state index in [1.807, 2.05) is 24.3 Å². The summed E-state index contributed by atoms with van der Waals surface area (Å²) in [5.41, 5.74) is 13.8. The molecule has 20 heavy (non-hydrogen) atoms. The van der Waals surface area contributed by atoms with Gasteiger partial charge in [-0.15, -0.1) is 0 Å². The first-order chi connectivity index (χ1) is 9.41. The van der Waals surface area contributed by atoms with Crippen LogP contribution in [0.25, 0.3) is 0 Å². The van der Waals surface area contributed by atoms with Crippen molar-refractivity contribution in [1.29, 1.82) is 0 Å². The summed E-state index contributed by atoms with van der Waals surface area (Å²) in [7, 11) is 0. The molecule has 0 aromatic heterocycles. The van der Waals surface area contributed by atoms with Crippen LogP contribution in [0.3, 0.4) is 0 Å². The summed E-state index contributed by atoms with van der Waals surface area (Å²) in [6.07, 6.45) is 0. The average molecular weight is 294 g/mol. The van der Waals surface area contributed by atoms with Crippen molar-refractivity contribution in [3.8, 4) is 0 Å². The molecule has 0 saturated carbocycles. The summed E-state index contributed by atoms with van der Waals surface area (Å²) < 4.78 is 14.2. The van der Waals surface area contributed by atoms with Crippen LogP contribution < -0.4 is 16.8 Å². The second kappa shape index (κ2) is 5.59. The number of benzene rings is 2. The monoisotopic (exact) mass is 293 g/mol. The van der Waals surface area contributed by atoms with Crippen LogP contribution in [-0.4, -0.2) is 0 Å². The molecule has 0 saturated heterocycles. The highest BCUT2D eigenvalue weighted by molar-refractivity contribution is 6.33. The molecule has 5 N–H and O–H groups in total. The van der Waals surface area contributed by atoms with Gasteiger partial charge in [0, 0.05) is 5.69 Å². The van der Waals surface area contributed by atoms with Gasteiger partial charge in [0.2, 0.25) is 0 Å². The molecule has 0 spiro atoms. The molecule has 0 unspecified atom stereocenters. The Labute approximate surface area is 122 Å². The molecule has 0 aliphatic rings. The van der Waals surface area contributed by atoms with Crippen LogP contribution in [0.1, 0.15) is 25.3 Å². The van der Waals surface area contributed by atoms with Crippen molar-refractivity contribution in [3.63, 3.8) is 0 Å². The summed E-state index contributed by atoms with van der Waals surface area (Å²) in [5, 5.41) is 2.90. The summed E-state index contributed by atoms with van der Waals surface area (Å²) in [6, 6.07) is 9.13. The van der Waals surface area contributed by atoms with Gasteiger partial charge in [0.05, 0.1) is 17.1 Å². The number of nitrogen functional groups attached to an aromatic ring is 2. The van der Waals surface area contributed by atoms with Crippen molar-refractivity contribution >= 4 is 34.4 Å². The molecule has 0 atom stereocenters. The Morgan fingerprint density at radius 3 is 2.45 bits per heavy atom. The molecule has 0 heterocycles. The molecular weight excluding hydrogens is 277 g/mol. The fraction of sp³-hybridized carbons (Fsp3) is 0.200. The van der Waals surface area contributed by atoms with E-state index in [1.54, 1.807) is 0 Å². The average Bonchev–Trinajstić information content (AvgIpc) is 2.41. The maximum atomic E-state index is 14.2. The van der Waals surface area contributed by atoms with Crippen LogP contribution in [-0.2, 0) is 0 Å². The van der Waals surface area contributed by atoms with Gasteiger partial charge < -0.3 is 16.8 Å². The lowest BCUT2D eigenvalue weighted by Crippen LogP contribution is -2.04. The van der Waals surface area contributed by atoms with E-state index >= 15 is 0 Å². The van der Waals surface area contributed by atoms with Crippen molar-refractivity contribution in [1.82, 2.24) is 0 Å². The summed E-state index contributed by atoms with van der Waals surface area (Å²) in [5.74, 6) is -0.338. The lowest BCUT2D eigenvalue weighted by atomic mass is 10.0. The van der Waals surface area contributed by atoms with Gasteiger partial charge in [0.25, 0.3) is 0 Å². The summed E-state index contributed by atoms with van der Waals surface area (Å²) >= 11 is 5.83. The summed E-state index contributed by atoms with van der Waals surface area (Å²) in [4.78, 5) is 0. The molecule has 0 amide bonds. The van der Waals surface area contributed by atoms with Crippen molar-refractivity contribution in [3.05, 3.63) is 46.7 Å². The zero-order valence-electron chi connectivity index (χ0n) is 11.4. The molecule has 0 aliphatic heterocycles. The molecule has 0 aliphatic carbocycles. The normalized spacial score (nSPS) is 10.8. The number of nitrogens with two attached hydrogens (primary N) is 2. The minimum Gasteiger partial charge on any atom is -0.397 e. The van der Waals surface area contributed by atoms with Crippen LogP contribution in [0, 0.1) is 5.82 Å². The number of para-hydroxylation sites is 1. The van der Waals surface area contributed by atoms with Gasteiger partial charge >= 0.3 is 0 Å². The predicted octanol–water partition coefficient (Wildman–Crippen LogP) is 4.51. The number of halogens is 2. The minimum absolute atomic E-state index is 0.122. The number of rotatable bonds is 3. The van der Waals surface area contributed by atoms with E-state index in [0.717, 1.165) is 11.3 Å². The second-order valence-corrected chi connectivity index (χ2v) is 5.30. The Kier molecular flexibility index (Phi) is 4.04. The minimum atomic E-state index is -0.636. The van der Waals surface area contributed by atoms with E-state index in [1.165, 1.54) is 6.07 Å². The molecule has 0 bridgehead atoms. The van der Waals surface area contributed by atoms with Gasteiger partial charge in [-0.25, -0.2) is 4.39 Å². The number of anilines is 4. The molecule has 0 radical (unpaired) electrons. The quantitative estimate of drug-likeness (QED) is 0.730. The fourth-order valence-electron chi connectivity index (χ4n) is 2.04. The highest BCUT2D eigenvalue weighted by atomic mass is 35.5. The lowest BCUT2D eigenvalue weighted by molar-refractivity contribution is 0.633. The van der Waals surface area contributed by atoms with Crippen molar-refractivity contribution in [2.75, 3.05) is 16.8 Å². The van der Waals surface area contributed by atoms with Crippen LogP contribution >= 0.6 is 11.6 Å². The topological polar surface area (TPSA) is 64.1 Å². The fourth-order valence-corrected chi connectivity index (χ4v) is 2.19. The maximum absolute atomic E-state index is 14.2. The van der Waals surface area contributed by atoms with Crippen LogP contribution in [0.2, 0.25) is 5.02 Å². The van der Waals surface area contributed by atoms with E-state index in [0.29, 0.717) is 5.92 Å². The van der Waals surface area contributed by atoms with Crippen molar-refractivity contribution in [2.24, 2.45) is 0 Å². The highest BCUT2D eigenvalue weighted by Gasteiger charge is 2.16. The van der Waals surface area contributed by atoms with E-state index < -0.39 is 5.82 Å². The Morgan fingerprint density at radius 2 is 1.80 bits per heavy atom. The van der Waals surface area contributed by atoms with Gasteiger partial charge in [-0.3, -0.25) is 0 Å². The Morgan fingerprint density at radius 1 is 1.15 bits per heavy atom. The largest absolute Gasteiger partial charge is 0.397 e. The molecule has 2 aromatic rings. The maximum Gasteiger partial charge on any atom is 0.169 e.